The molecule has 0 radical (unpaired) electrons. The standard InChI is InChI=1S/C43H48N2O13/c1-18-11-10-12-19(2)42(53)45-33-37(51)30-29(32-40(33)57-28-14-13-25(47)17-26(28)44-32)31-39(23(6)36(30)50)58-43(8,41(31)52)55-16-15-27(54-9)20(3)38(56-24(7)46)22(5)35(49)21(4)34(18)48/h10-18,20-22,27,34-35,38,47-49,51H,1-9H3,(H,45,53)/b11-10+,16-15+,19-12-/t18-,20+,21+,22+,27-,34-,35+,38+,43-/m0/s1. The molecule has 3 aromatic carbocycles. The number of aromatic nitrogens is 1. The average Bonchev–Trinajstić information content (AvgIpc) is 3.45. The van der Waals surface area contributed by atoms with Crippen LogP contribution in [0.4, 0.5) is 5.69 Å². The van der Waals surface area contributed by atoms with Crippen LogP contribution in [0.15, 0.2) is 63.6 Å². The average molecular weight is 801 g/mol. The Hall–Kier alpha value is -5.77. The van der Waals surface area contributed by atoms with Gasteiger partial charge in [0.2, 0.25) is 0 Å². The van der Waals surface area contributed by atoms with Crippen molar-refractivity contribution in [2.45, 2.75) is 85.6 Å². The number of methoxy groups -OCH3 is 1. The fourth-order valence-corrected chi connectivity index (χ4v) is 7.80. The normalized spacial score (nSPS) is 30.4. The highest BCUT2D eigenvalue weighted by Gasteiger charge is 2.49. The van der Waals surface area contributed by atoms with Gasteiger partial charge in [-0.05, 0) is 32.1 Å². The smallest absolute Gasteiger partial charge is 0.312 e. The van der Waals surface area contributed by atoms with Crippen molar-refractivity contribution < 1.29 is 58.2 Å². The molecule has 0 aliphatic carbocycles. The molecular weight excluding hydrogens is 752 g/mol. The molecule has 58 heavy (non-hydrogen) atoms. The topological polar surface area (TPSA) is 224 Å². The predicted molar refractivity (Wildman–Crippen MR) is 213 cm³/mol. The van der Waals surface area contributed by atoms with Crippen molar-refractivity contribution >= 4 is 56.3 Å². The minimum atomic E-state index is -2.06. The van der Waals surface area contributed by atoms with E-state index in [0.717, 1.165) is 0 Å². The lowest BCUT2D eigenvalue weighted by molar-refractivity contribution is -0.160. The molecule has 0 unspecified atom stereocenters. The summed E-state index contributed by atoms with van der Waals surface area (Å²) >= 11 is 0. The number of hydrogen-bond acceptors (Lipinski definition) is 14. The molecule has 0 saturated heterocycles. The van der Waals surface area contributed by atoms with Crippen LogP contribution in [-0.2, 0) is 23.8 Å². The number of nitrogens with one attached hydrogen (secondary N) is 1. The molecule has 4 aromatic rings. The highest BCUT2D eigenvalue weighted by molar-refractivity contribution is 6.26. The molecule has 0 saturated carbocycles. The second-order valence-electron chi connectivity index (χ2n) is 15.4. The molecule has 2 aliphatic rings. The van der Waals surface area contributed by atoms with E-state index in [9.17, 15) is 39.6 Å². The van der Waals surface area contributed by atoms with Crippen LogP contribution in [0.1, 0.15) is 64.4 Å². The Balaban J connectivity index is 1.59. The zero-order valence-corrected chi connectivity index (χ0v) is 33.6. The number of esters is 1. The number of aromatic hydroxyl groups is 2. The van der Waals surface area contributed by atoms with Gasteiger partial charge in [0, 0.05) is 67.2 Å². The zero-order valence-electron chi connectivity index (χ0n) is 33.6. The van der Waals surface area contributed by atoms with Crippen molar-refractivity contribution in [1.82, 2.24) is 4.98 Å². The third-order valence-corrected chi connectivity index (χ3v) is 11.3. The first-order valence-corrected chi connectivity index (χ1v) is 18.9. The Morgan fingerprint density at radius 1 is 0.966 bits per heavy atom. The van der Waals surface area contributed by atoms with E-state index in [0.29, 0.717) is 0 Å². The number of hydrogen-bond donors (Lipinski definition) is 5. The van der Waals surface area contributed by atoms with Crippen molar-refractivity contribution in [3.63, 3.8) is 0 Å². The zero-order chi connectivity index (χ0) is 42.5. The van der Waals surface area contributed by atoms with E-state index in [1.807, 2.05) is 0 Å². The second kappa shape index (κ2) is 15.9. The number of fused-ring (bicyclic) bond motifs is 2. The van der Waals surface area contributed by atoms with E-state index < -0.39 is 82.7 Å². The minimum Gasteiger partial charge on any atom is -0.508 e. The summed E-state index contributed by atoms with van der Waals surface area (Å²) in [6, 6.07) is 4.10. The van der Waals surface area contributed by atoms with E-state index in [4.69, 9.17) is 23.4 Å². The van der Waals surface area contributed by atoms with Crippen LogP contribution in [0.3, 0.4) is 0 Å². The number of aliphatic hydroxyl groups is 2. The summed E-state index contributed by atoms with van der Waals surface area (Å²) in [7, 11) is 1.43. The first kappa shape index (κ1) is 41.9. The summed E-state index contributed by atoms with van der Waals surface area (Å²) in [6.07, 6.45) is 3.48. The van der Waals surface area contributed by atoms with E-state index in [2.05, 4.69) is 10.3 Å². The maximum absolute atomic E-state index is 14.5. The van der Waals surface area contributed by atoms with Gasteiger partial charge in [-0.25, -0.2) is 4.98 Å². The Kier molecular flexibility index (Phi) is 11.5. The number of carbonyl (C=O) groups is 3. The molecule has 2 aliphatic heterocycles. The summed E-state index contributed by atoms with van der Waals surface area (Å²) in [4.78, 5) is 59.4. The number of ether oxygens (including phenoxy) is 4. The quantitative estimate of drug-likeness (QED) is 0.0710. The number of benzene rings is 3. The molecule has 1 aromatic heterocycles. The Bertz CT molecular complexity index is 2490. The lowest BCUT2D eigenvalue weighted by atomic mass is 9.78. The number of ketones is 1. The van der Waals surface area contributed by atoms with E-state index in [1.54, 1.807) is 39.8 Å². The van der Waals surface area contributed by atoms with Crippen LogP contribution in [0.5, 0.6) is 17.2 Å². The van der Waals surface area contributed by atoms with Gasteiger partial charge in [-0.15, -0.1) is 0 Å². The number of amides is 1. The molecule has 15 heteroatoms. The molecule has 6 rings (SSSR count). The SMILES string of the molecule is CO[C@H]1/C=C/O[C@@]2(C)Oc3c(C)c(=O)c4c(O)c(c5oc6ccc(O)cc6nc5c4c3C2=O)NC(=O)/C(C)=C\C=C\[C@H](C)[C@H](O)[C@@H](C)[C@@H](O)[C@@H](C)[C@H](OC(C)=O)[C@@H]1C. The number of aliphatic hydroxyl groups excluding tert-OH is 2. The Labute approximate surface area is 333 Å². The largest absolute Gasteiger partial charge is 0.508 e. The van der Waals surface area contributed by atoms with Crippen LogP contribution in [0.25, 0.3) is 33.0 Å². The number of carbonyl (C=O) groups excluding carboxylic acids is 3. The number of phenols is 2. The number of rotatable bonds is 2. The number of phenolic OH excluding ortho intramolecular Hbond substituents is 2. The highest BCUT2D eigenvalue weighted by atomic mass is 16.7. The molecule has 1 amide bonds. The summed E-state index contributed by atoms with van der Waals surface area (Å²) < 4.78 is 29.8. The van der Waals surface area contributed by atoms with Gasteiger partial charge in [-0.2, -0.15) is 0 Å². The molecular formula is C43H48N2O13. The lowest BCUT2D eigenvalue weighted by Crippen LogP contribution is -2.46. The van der Waals surface area contributed by atoms with Crippen molar-refractivity contribution in [3.05, 3.63) is 75.7 Å². The molecule has 9 atom stereocenters. The maximum Gasteiger partial charge on any atom is 0.312 e. The first-order chi connectivity index (χ1) is 27.3. The molecule has 0 spiro atoms. The van der Waals surface area contributed by atoms with Gasteiger partial charge in [0.25, 0.3) is 11.7 Å². The van der Waals surface area contributed by atoms with Gasteiger partial charge in [-0.1, -0.05) is 45.9 Å². The second-order valence-corrected chi connectivity index (χ2v) is 15.4. The van der Waals surface area contributed by atoms with Crippen molar-refractivity contribution in [2.24, 2.45) is 23.7 Å². The summed E-state index contributed by atoms with van der Waals surface area (Å²) in [6.45, 7) is 12.4. The van der Waals surface area contributed by atoms with Gasteiger partial charge in [0.15, 0.2) is 22.3 Å². The van der Waals surface area contributed by atoms with Crippen LogP contribution in [0.2, 0.25) is 0 Å². The number of Topliss-reactive ketones (excluding diaryl/α,β-unsaturated/α-hetero) is 1. The number of anilines is 1. The summed E-state index contributed by atoms with van der Waals surface area (Å²) in [5.41, 5.74) is -1.03. The van der Waals surface area contributed by atoms with Crippen LogP contribution in [-0.4, -0.2) is 80.4 Å². The van der Waals surface area contributed by atoms with Gasteiger partial charge in [-0.3, -0.25) is 19.2 Å². The number of allylic oxidation sites excluding steroid dienone is 2. The summed E-state index contributed by atoms with van der Waals surface area (Å²) in [5.74, 6) is -7.55. The Morgan fingerprint density at radius 3 is 2.34 bits per heavy atom. The Morgan fingerprint density at radius 2 is 1.67 bits per heavy atom. The molecule has 5 N–H and O–H groups in total. The van der Waals surface area contributed by atoms with Crippen LogP contribution in [0, 0.1) is 30.6 Å². The van der Waals surface area contributed by atoms with Crippen LogP contribution < -0.4 is 15.5 Å². The summed E-state index contributed by atoms with van der Waals surface area (Å²) in [5, 5.41) is 47.2. The van der Waals surface area contributed by atoms with E-state index in [-0.39, 0.29) is 66.9 Å². The molecule has 0 fully saturated rings. The molecule has 4 bridgehead atoms. The maximum atomic E-state index is 14.5. The fraction of sp³-hybridized carbons (Fsp3) is 0.419. The van der Waals surface area contributed by atoms with Gasteiger partial charge >= 0.3 is 11.8 Å². The van der Waals surface area contributed by atoms with E-state index >= 15 is 0 Å². The van der Waals surface area contributed by atoms with Gasteiger partial charge < -0.3 is 49.1 Å². The number of nitrogens with zero attached hydrogens (tertiary/aromatic N) is 1. The van der Waals surface area contributed by atoms with Crippen molar-refractivity contribution in [2.75, 3.05) is 12.4 Å². The third kappa shape index (κ3) is 7.29. The minimum absolute atomic E-state index is 0.0353. The molecule has 15 nitrogen and oxygen atoms in total. The molecule has 308 valence electrons. The highest BCUT2D eigenvalue weighted by Crippen LogP contribution is 2.48. The van der Waals surface area contributed by atoms with Crippen molar-refractivity contribution in [3.8, 4) is 17.2 Å². The van der Waals surface area contributed by atoms with Gasteiger partial charge in [0.1, 0.15) is 34.3 Å². The fourth-order valence-electron chi connectivity index (χ4n) is 7.80. The molecule has 3 heterocycles. The third-order valence-electron chi connectivity index (χ3n) is 11.3. The lowest BCUT2D eigenvalue weighted by Gasteiger charge is -2.38. The van der Waals surface area contributed by atoms with E-state index in [1.165, 1.54) is 71.4 Å². The monoisotopic (exact) mass is 800 g/mol. The predicted octanol–water partition coefficient (Wildman–Crippen LogP) is 5.70. The van der Waals surface area contributed by atoms with Crippen LogP contribution >= 0.6 is 0 Å². The first-order valence-electron chi connectivity index (χ1n) is 18.9. The van der Waals surface area contributed by atoms with Crippen molar-refractivity contribution in [1.29, 1.82) is 0 Å². The van der Waals surface area contributed by atoms with Gasteiger partial charge in [0.05, 0.1) is 35.5 Å².